The number of carbonyl (C=O) groups excluding carboxylic acids is 1. The lowest BCUT2D eigenvalue weighted by atomic mass is 10.1. The van der Waals surface area contributed by atoms with Gasteiger partial charge in [-0.3, -0.25) is 4.79 Å². The van der Waals surface area contributed by atoms with E-state index >= 15 is 0 Å². The van der Waals surface area contributed by atoms with E-state index in [9.17, 15) is 13.6 Å². The highest BCUT2D eigenvalue weighted by atomic mass is 32.2. The van der Waals surface area contributed by atoms with Gasteiger partial charge in [-0.2, -0.15) is 11.8 Å². The molecule has 0 atom stereocenters. The average Bonchev–Trinajstić information content (AvgIpc) is 2.14. The van der Waals surface area contributed by atoms with Crippen LogP contribution >= 0.6 is 11.8 Å². The lowest BCUT2D eigenvalue weighted by molar-refractivity contribution is 0.0985. The molecule has 76 valence electrons. The van der Waals surface area contributed by atoms with Gasteiger partial charge < -0.3 is 0 Å². The fourth-order valence-electron chi connectivity index (χ4n) is 1.05. The molecule has 0 amide bonds. The van der Waals surface area contributed by atoms with Crippen molar-refractivity contribution in [3.8, 4) is 0 Å². The minimum Gasteiger partial charge on any atom is -0.294 e. The molecule has 0 N–H and O–H groups in total. The molecule has 0 heterocycles. The van der Waals surface area contributed by atoms with Gasteiger partial charge in [0.1, 0.15) is 11.6 Å². The molecule has 4 heteroatoms. The first kappa shape index (κ1) is 11.2. The van der Waals surface area contributed by atoms with Crippen LogP contribution in [-0.2, 0) is 0 Å². The Kier molecular flexibility index (Phi) is 4.07. The van der Waals surface area contributed by atoms with E-state index in [0.717, 1.165) is 12.1 Å². The predicted molar refractivity (Wildman–Crippen MR) is 53.7 cm³/mol. The van der Waals surface area contributed by atoms with Gasteiger partial charge in [0.15, 0.2) is 5.78 Å². The van der Waals surface area contributed by atoms with E-state index in [2.05, 4.69) is 0 Å². The van der Waals surface area contributed by atoms with Gasteiger partial charge in [-0.05, 0) is 18.4 Å². The average molecular weight is 216 g/mol. The molecular weight excluding hydrogens is 206 g/mol. The highest BCUT2D eigenvalue weighted by Gasteiger charge is 2.11. The highest BCUT2D eigenvalue weighted by Crippen LogP contribution is 2.12. The quantitative estimate of drug-likeness (QED) is 0.720. The summed E-state index contributed by atoms with van der Waals surface area (Å²) in [6.07, 6.45) is 2.15. The Hall–Kier alpha value is -0.900. The van der Waals surface area contributed by atoms with Gasteiger partial charge in [0, 0.05) is 18.2 Å². The van der Waals surface area contributed by atoms with Crippen molar-refractivity contribution in [1.29, 1.82) is 0 Å². The second kappa shape index (κ2) is 5.10. The SMILES string of the molecule is CSCCC(=O)c1ccc(F)cc1F. The van der Waals surface area contributed by atoms with E-state index in [1.54, 1.807) is 0 Å². The van der Waals surface area contributed by atoms with Crippen LogP contribution in [0.2, 0.25) is 0 Å². The molecule has 1 nitrogen and oxygen atoms in total. The van der Waals surface area contributed by atoms with Crippen LogP contribution in [0.3, 0.4) is 0 Å². The van der Waals surface area contributed by atoms with E-state index in [4.69, 9.17) is 0 Å². The number of Topliss-reactive ketones (excluding diaryl/α,β-unsaturated/α-hetero) is 1. The summed E-state index contributed by atoms with van der Waals surface area (Å²) in [7, 11) is 0. The zero-order valence-corrected chi connectivity index (χ0v) is 8.54. The number of carbonyl (C=O) groups is 1. The molecule has 0 aliphatic rings. The summed E-state index contributed by atoms with van der Waals surface area (Å²) in [5.74, 6) is -1.08. The molecule has 0 unspecified atom stereocenters. The van der Waals surface area contributed by atoms with E-state index in [0.29, 0.717) is 5.75 Å². The summed E-state index contributed by atoms with van der Waals surface area (Å²) in [6.45, 7) is 0. The number of halogens is 2. The van der Waals surface area contributed by atoms with Crippen LogP contribution < -0.4 is 0 Å². The van der Waals surface area contributed by atoms with Crippen molar-refractivity contribution >= 4 is 17.5 Å². The molecule has 0 saturated carbocycles. The fourth-order valence-corrected chi connectivity index (χ4v) is 1.43. The summed E-state index contributed by atoms with van der Waals surface area (Å²) in [6, 6.07) is 3.01. The lowest BCUT2D eigenvalue weighted by Gasteiger charge is -2.01. The van der Waals surface area contributed by atoms with E-state index in [1.807, 2.05) is 6.26 Å². The van der Waals surface area contributed by atoms with Gasteiger partial charge in [-0.1, -0.05) is 0 Å². The Morgan fingerprint density at radius 2 is 2.14 bits per heavy atom. The molecule has 14 heavy (non-hydrogen) atoms. The predicted octanol–water partition coefficient (Wildman–Crippen LogP) is 2.90. The minimum atomic E-state index is -0.781. The molecule has 0 radical (unpaired) electrons. The van der Waals surface area contributed by atoms with Crippen LogP contribution in [-0.4, -0.2) is 17.8 Å². The second-order valence-electron chi connectivity index (χ2n) is 2.79. The molecule has 0 bridgehead atoms. The third-order valence-electron chi connectivity index (χ3n) is 1.76. The van der Waals surface area contributed by atoms with Crippen molar-refractivity contribution in [3.63, 3.8) is 0 Å². The summed E-state index contributed by atoms with van der Waals surface area (Å²) in [5.41, 5.74) is -0.0274. The normalized spacial score (nSPS) is 10.2. The number of hydrogen-bond donors (Lipinski definition) is 0. The van der Waals surface area contributed by atoms with E-state index < -0.39 is 11.6 Å². The van der Waals surface area contributed by atoms with Crippen LogP contribution in [0.25, 0.3) is 0 Å². The number of hydrogen-bond acceptors (Lipinski definition) is 2. The third kappa shape index (κ3) is 2.80. The molecule has 0 aromatic heterocycles. The molecule has 1 aromatic rings. The van der Waals surface area contributed by atoms with Crippen molar-refractivity contribution in [2.45, 2.75) is 6.42 Å². The van der Waals surface area contributed by atoms with Crippen molar-refractivity contribution in [1.82, 2.24) is 0 Å². The van der Waals surface area contributed by atoms with Crippen LogP contribution in [0.4, 0.5) is 8.78 Å². The zero-order valence-electron chi connectivity index (χ0n) is 7.72. The van der Waals surface area contributed by atoms with Gasteiger partial charge in [0.25, 0.3) is 0 Å². The van der Waals surface area contributed by atoms with Crippen LogP contribution in [0, 0.1) is 11.6 Å². The molecular formula is C10H10F2OS. The van der Waals surface area contributed by atoms with Crippen LogP contribution in [0.1, 0.15) is 16.8 Å². The van der Waals surface area contributed by atoms with Gasteiger partial charge in [0.05, 0.1) is 5.56 Å². The molecule has 1 rings (SSSR count). The maximum absolute atomic E-state index is 13.1. The second-order valence-corrected chi connectivity index (χ2v) is 3.78. The molecule has 0 aliphatic carbocycles. The molecule has 0 aliphatic heterocycles. The van der Waals surface area contributed by atoms with Crippen molar-refractivity contribution in [3.05, 3.63) is 35.4 Å². The number of rotatable bonds is 4. The Morgan fingerprint density at radius 3 is 2.71 bits per heavy atom. The topological polar surface area (TPSA) is 17.1 Å². The number of thioether (sulfide) groups is 1. The molecule has 0 spiro atoms. The lowest BCUT2D eigenvalue weighted by Crippen LogP contribution is -2.03. The van der Waals surface area contributed by atoms with E-state index in [-0.39, 0.29) is 17.8 Å². The Balaban J connectivity index is 2.80. The van der Waals surface area contributed by atoms with Crippen molar-refractivity contribution in [2.75, 3.05) is 12.0 Å². The summed E-state index contributed by atoms with van der Waals surface area (Å²) >= 11 is 1.52. The third-order valence-corrected chi connectivity index (χ3v) is 2.38. The maximum Gasteiger partial charge on any atom is 0.166 e. The molecule has 0 saturated heterocycles. The van der Waals surface area contributed by atoms with Crippen molar-refractivity contribution < 1.29 is 13.6 Å². The Morgan fingerprint density at radius 1 is 1.43 bits per heavy atom. The maximum atomic E-state index is 13.1. The van der Waals surface area contributed by atoms with Crippen LogP contribution in [0.5, 0.6) is 0 Å². The van der Waals surface area contributed by atoms with Crippen LogP contribution in [0.15, 0.2) is 18.2 Å². The first-order chi connectivity index (χ1) is 6.65. The summed E-state index contributed by atoms with van der Waals surface area (Å²) < 4.78 is 25.6. The van der Waals surface area contributed by atoms with E-state index in [1.165, 1.54) is 17.8 Å². The smallest absolute Gasteiger partial charge is 0.166 e. The Labute approximate surface area is 85.5 Å². The van der Waals surface area contributed by atoms with Crippen molar-refractivity contribution in [2.24, 2.45) is 0 Å². The van der Waals surface area contributed by atoms with Gasteiger partial charge in [-0.15, -0.1) is 0 Å². The molecule has 1 aromatic carbocycles. The fraction of sp³-hybridized carbons (Fsp3) is 0.300. The first-order valence-electron chi connectivity index (χ1n) is 4.12. The van der Waals surface area contributed by atoms with Gasteiger partial charge in [0.2, 0.25) is 0 Å². The molecule has 0 fully saturated rings. The van der Waals surface area contributed by atoms with Gasteiger partial charge >= 0.3 is 0 Å². The standard InChI is InChI=1S/C10H10F2OS/c1-14-5-4-10(13)8-3-2-7(11)6-9(8)12/h2-3,6H,4-5H2,1H3. The zero-order chi connectivity index (χ0) is 10.6. The first-order valence-corrected chi connectivity index (χ1v) is 5.51. The highest BCUT2D eigenvalue weighted by molar-refractivity contribution is 7.98. The largest absolute Gasteiger partial charge is 0.294 e. The van der Waals surface area contributed by atoms with Gasteiger partial charge in [-0.25, -0.2) is 8.78 Å². The monoisotopic (exact) mass is 216 g/mol. The number of ketones is 1. The summed E-state index contributed by atoms with van der Waals surface area (Å²) in [4.78, 5) is 11.4. The Bertz CT molecular complexity index is 339. The minimum absolute atomic E-state index is 0.0274. The summed E-state index contributed by atoms with van der Waals surface area (Å²) in [5, 5.41) is 0. The number of benzene rings is 1.